The normalized spacial score (nSPS) is 47.9. The lowest BCUT2D eigenvalue weighted by Crippen LogP contribution is -2.42. The van der Waals surface area contributed by atoms with E-state index in [0.717, 1.165) is 6.61 Å². The molecule has 5 atom stereocenters. The average Bonchev–Trinajstić information content (AvgIpc) is 2.84. The molecule has 3 aliphatic rings. The van der Waals surface area contributed by atoms with Gasteiger partial charge in [-0.25, -0.2) is 0 Å². The van der Waals surface area contributed by atoms with Crippen LogP contribution in [0.3, 0.4) is 0 Å². The quantitative estimate of drug-likeness (QED) is 0.744. The minimum atomic E-state index is 0.155. The van der Waals surface area contributed by atoms with Crippen LogP contribution in [-0.2, 0) is 4.74 Å². The predicted octanol–water partition coefficient (Wildman–Crippen LogP) is 2.54. The predicted molar refractivity (Wildman–Crippen MR) is 67.5 cm³/mol. The van der Waals surface area contributed by atoms with Crippen LogP contribution in [0.15, 0.2) is 24.3 Å². The highest BCUT2D eigenvalue weighted by atomic mass is 16.5. The summed E-state index contributed by atoms with van der Waals surface area (Å²) in [4.78, 5) is 0. The van der Waals surface area contributed by atoms with Crippen LogP contribution in [0.25, 0.3) is 0 Å². The molecule has 0 aromatic rings. The second-order valence-electron chi connectivity index (χ2n) is 6.01. The number of rotatable bonds is 2. The monoisotopic (exact) mass is 234 g/mol. The number of aliphatic hydroxyl groups excluding tert-OH is 1. The molecule has 0 amide bonds. The van der Waals surface area contributed by atoms with Crippen molar-refractivity contribution in [1.29, 1.82) is 0 Å². The first-order valence-electron chi connectivity index (χ1n) is 6.76. The first-order chi connectivity index (χ1) is 8.19. The smallest absolute Gasteiger partial charge is 0.0810 e. The molecule has 0 aromatic carbocycles. The summed E-state index contributed by atoms with van der Waals surface area (Å²) in [7, 11) is 0. The van der Waals surface area contributed by atoms with Crippen molar-refractivity contribution in [2.45, 2.75) is 32.3 Å². The topological polar surface area (TPSA) is 29.5 Å². The fraction of sp³-hybridized carbons (Fsp3) is 0.733. The van der Waals surface area contributed by atoms with E-state index >= 15 is 0 Å². The van der Waals surface area contributed by atoms with Gasteiger partial charge in [0.2, 0.25) is 0 Å². The third kappa shape index (κ3) is 1.47. The van der Waals surface area contributed by atoms with Gasteiger partial charge in [0, 0.05) is 17.9 Å². The number of hydrogen-bond acceptors (Lipinski definition) is 2. The summed E-state index contributed by atoms with van der Waals surface area (Å²) in [5, 5.41) is 9.60. The zero-order valence-corrected chi connectivity index (χ0v) is 10.6. The Morgan fingerprint density at radius 1 is 1.59 bits per heavy atom. The molecule has 1 spiro atoms. The Kier molecular flexibility index (Phi) is 2.68. The maximum absolute atomic E-state index is 9.60. The third-order valence-corrected chi connectivity index (χ3v) is 5.25. The highest BCUT2D eigenvalue weighted by molar-refractivity contribution is 5.24. The van der Waals surface area contributed by atoms with E-state index in [9.17, 15) is 5.11 Å². The molecule has 94 valence electrons. The fourth-order valence-electron chi connectivity index (χ4n) is 4.48. The van der Waals surface area contributed by atoms with Gasteiger partial charge in [0.1, 0.15) is 0 Å². The van der Waals surface area contributed by atoms with Crippen molar-refractivity contribution in [1.82, 2.24) is 0 Å². The van der Waals surface area contributed by atoms with Crippen LogP contribution < -0.4 is 0 Å². The van der Waals surface area contributed by atoms with E-state index in [0.29, 0.717) is 17.8 Å². The van der Waals surface area contributed by atoms with Crippen molar-refractivity contribution in [3.05, 3.63) is 24.3 Å². The van der Waals surface area contributed by atoms with E-state index in [1.807, 2.05) is 0 Å². The molecular weight excluding hydrogens is 212 g/mol. The van der Waals surface area contributed by atoms with Crippen molar-refractivity contribution < 1.29 is 9.84 Å². The molecule has 2 nitrogen and oxygen atoms in total. The number of aliphatic hydroxyl groups is 1. The van der Waals surface area contributed by atoms with E-state index in [2.05, 4.69) is 25.7 Å². The molecule has 2 aliphatic carbocycles. The Morgan fingerprint density at radius 2 is 2.41 bits per heavy atom. The molecule has 1 aliphatic heterocycles. The van der Waals surface area contributed by atoms with Crippen molar-refractivity contribution >= 4 is 0 Å². The summed E-state index contributed by atoms with van der Waals surface area (Å²) in [6.45, 7) is 7.40. The summed E-state index contributed by atoms with van der Waals surface area (Å²) >= 11 is 0. The number of fused-ring (bicyclic) bond motifs is 3. The van der Waals surface area contributed by atoms with Crippen LogP contribution >= 0.6 is 0 Å². The Bertz CT molecular complexity index is 360. The van der Waals surface area contributed by atoms with Crippen molar-refractivity contribution in [2.24, 2.45) is 23.2 Å². The van der Waals surface area contributed by atoms with Gasteiger partial charge in [-0.15, -0.1) is 0 Å². The van der Waals surface area contributed by atoms with Gasteiger partial charge in [-0.1, -0.05) is 30.7 Å². The van der Waals surface area contributed by atoms with E-state index < -0.39 is 0 Å². The van der Waals surface area contributed by atoms with Gasteiger partial charge >= 0.3 is 0 Å². The molecule has 2 fully saturated rings. The number of hydrogen-bond donors (Lipinski definition) is 1. The van der Waals surface area contributed by atoms with E-state index in [-0.39, 0.29) is 18.1 Å². The van der Waals surface area contributed by atoms with Crippen LogP contribution in [0.5, 0.6) is 0 Å². The maximum atomic E-state index is 9.60. The van der Waals surface area contributed by atoms with Gasteiger partial charge in [0.25, 0.3) is 0 Å². The lowest BCUT2D eigenvalue weighted by Gasteiger charge is -2.43. The largest absolute Gasteiger partial charge is 0.396 e. The molecule has 0 aromatic heterocycles. The molecule has 0 radical (unpaired) electrons. The summed E-state index contributed by atoms with van der Waals surface area (Å²) in [5.74, 6) is 1.38. The SMILES string of the molecule is C=C(C)[C@H]1CCC[C@@]12C=C[C@@H]1OC[C@H]2[C@H]1CO. The average molecular weight is 234 g/mol. The molecule has 1 heterocycles. The van der Waals surface area contributed by atoms with Crippen LogP contribution in [0.4, 0.5) is 0 Å². The molecule has 1 N–H and O–H groups in total. The molecule has 1 saturated heterocycles. The zero-order valence-electron chi connectivity index (χ0n) is 10.6. The maximum Gasteiger partial charge on any atom is 0.0810 e. The van der Waals surface area contributed by atoms with Crippen LogP contribution in [-0.4, -0.2) is 24.4 Å². The summed E-state index contributed by atoms with van der Waals surface area (Å²) in [6, 6.07) is 0. The van der Waals surface area contributed by atoms with E-state index in [1.54, 1.807) is 0 Å². The second-order valence-corrected chi connectivity index (χ2v) is 6.01. The van der Waals surface area contributed by atoms with E-state index in [4.69, 9.17) is 4.74 Å². The highest BCUT2D eigenvalue weighted by Crippen LogP contribution is 2.59. The van der Waals surface area contributed by atoms with Gasteiger partial charge in [-0.3, -0.25) is 0 Å². The zero-order chi connectivity index (χ0) is 12.0. The second kappa shape index (κ2) is 3.96. The van der Waals surface area contributed by atoms with Crippen molar-refractivity contribution in [2.75, 3.05) is 13.2 Å². The number of ether oxygens (including phenoxy) is 1. The van der Waals surface area contributed by atoms with Gasteiger partial charge < -0.3 is 9.84 Å². The standard InChI is InChI=1S/C15H22O2/c1-10(2)12-4-3-6-15(12)7-5-14-11(8-16)13(15)9-17-14/h5,7,11-14,16H,1,3-4,6,8-9H2,2H3/t11-,12-,13+,14+,15-/m1/s1. The summed E-state index contributed by atoms with van der Waals surface area (Å²) in [6.07, 6.45) is 8.51. The Morgan fingerprint density at radius 3 is 3.12 bits per heavy atom. The first kappa shape index (κ1) is 11.5. The molecule has 1 saturated carbocycles. The van der Waals surface area contributed by atoms with Gasteiger partial charge in [0.05, 0.1) is 12.7 Å². The Labute approximate surface area is 103 Å². The third-order valence-electron chi connectivity index (χ3n) is 5.25. The van der Waals surface area contributed by atoms with E-state index in [1.165, 1.54) is 24.8 Å². The first-order valence-corrected chi connectivity index (χ1v) is 6.76. The van der Waals surface area contributed by atoms with Gasteiger partial charge in [-0.2, -0.15) is 0 Å². The van der Waals surface area contributed by atoms with Crippen molar-refractivity contribution in [3.8, 4) is 0 Å². The Balaban J connectivity index is 1.99. The lowest BCUT2D eigenvalue weighted by atomic mass is 9.60. The fourth-order valence-corrected chi connectivity index (χ4v) is 4.48. The van der Waals surface area contributed by atoms with Gasteiger partial charge in [0.15, 0.2) is 0 Å². The molecule has 2 heteroatoms. The molecule has 3 rings (SSSR count). The van der Waals surface area contributed by atoms with Crippen molar-refractivity contribution in [3.63, 3.8) is 0 Å². The highest BCUT2D eigenvalue weighted by Gasteiger charge is 2.55. The summed E-state index contributed by atoms with van der Waals surface area (Å²) < 4.78 is 5.82. The molecular formula is C15H22O2. The molecule has 0 unspecified atom stereocenters. The lowest BCUT2D eigenvalue weighted by molar-refractivity contribution is 0.0883. The number of allylic oxidation sites excluding steroid dienone is 2. The summed E-state index contributed by atoms with van der Waals surface area (Å²) in [5.41, 5.74) is 1.53. The van der Waals surface area contributed by atoms with Gasteiger partial charge in [-0.05, 0) is 31.6 Å². The van der Waals surface area contributed by atoms with Crippen LogP contribution in [0.2, 0.25) is 0 Å². The Hall–Kier alpha value is -0.600. The molecule has 17 heavy (non-hydrogen) atoms. The van der Waals surface area contributed by atoms with Crippen LogP contribution in [0, 0.1) is 23.2 Å². The minimum absolute atomic E-state index is 0.155. The van der Waals surface area contributed by atoms with Crippen LogP contribution in [0.1, 0.15) is 26.2 Å². The molecule has 2 bridgehead atoms. The minimum Gasteiger partial charge on any atom is -0.396 e.